The Morgan fingerprint density at radius 2 is 1.83 bits per heavy atom. The van der Waals surface area contributed by atoms with E-state index in [1.807, 2.05) is 6.07 Å². The molecule has 0 heterocycles. The summed E-state index contributed by atoms with van der Waals surface area (Å²) in [6.45, 7) is 0. The largest absolute Gasteiger partial charge is 0.496 e. The summed E-state index contributed by atoms with van der Waals surface area (Å²) in [6, 6.07) is 11.9. The molecular weight excluding hydrogens is 330 g/mol. The standard InChI is InChI=1S/C16H15N3O4S/c1-18-16(20)14-9-13(7-8-15(14)23-2)24(21,22)19-12-5-3-11(10-17)4-6-12/h3-9,19H,1-2H3,(H,18,20). The van der Waals surface area contributed by atoms with Crippen molar-refractivity contribution in [1.82, 2.24) is 5.32 Å². The highest BCUT2D eigenvalue weighted by molar-refractivity contribution is 7.92. The minimum Gasteiger partial charge on any atom is -0.496 e. The maximum Gasteiger partial charge on any atom is 0.261 e. The molecule has 2 aromatic rings. The third-order valence-electron chi connectivity index (χ3n) is 3.22. The molecule has 0 aliphatic rings. The molecule has 0 aliphatic heterocycles. The maximum absolute atomic E-state index is 12.5. The number of methoxy groups -OCH3 is 1. The number of nitrogens with one attached hydrogen (secondary N) is 2. The molecule has 0 radical (unpaired) electrons. The zero-order valence-corrected chi connectivity index (χ0v) is 13.8. The van der Waals surface area contributed by atoms with Crippen LogP contribution in [0.4, 0.5) is 5.69 Å². The zero-order chi connectivity index (χ0) is 17.7. The lowest BCUT2D eigenvalue weighted by molar-refractivity contribution is 0.0960. The van der Waals surface area contributed by atoms with Gasteiger partial charge in [0.25, 0.3) is 15.9 Å². The van der Waals surface area contributed by atoms with Gasteiger partial charge in [0, 0.05) is 12.7 Å². The summed E-state index contributed by atoms with van der Waals surface area (Å²) in [5.41, 5.74) is 0.846. The lowest BCUT2D eigenvalue weighted by Gasteiger charge is -2.12. The summed E-state index contributed by atoms with van der Waals surface area (Å²) >= 11 is 0. The molecule has 0 bridgehead atoms. The van der Waals surface area contributed by atoms with Gasteiger partial charge in [-0.15, -0.1) is 0 Å². The van der Waals surface area contributed by atoms with Crippen LogP contribution in [0.3, 0.4) is 0 Å². The highest BCUT2D eigenvalue weighted by atomic mass is 32.2. The molecule has 0 atom stereocenters. The average molecular weight is 345 g/mol. The van der Waals surface area contributed by atoms with Crippen molar-refractivity contribution in [2.24, 2.45) is 0 Å². The van der Waals surface area contributed by atoms with Crippen molar-refractivity contribution in [3.63, 3.8) is 0 Å². The molecule has 0 saturated carbocycles. The van der Waals surface area contributed by atoms with Crippen molar-refractivity contribution in [2.45, 2.75) is 4.90 Å². The van der Waals surface area contributed by atoms with Gasteiger partial charge in [-0.05, 0) is 42.5 Å². The summed E-state index contributed by atoms with van der Waals surface area (Å²) < 4.78 is 32.4. The van der Waals surface area contributed by atoms with Crippen LogP contribution in [0.15, 0.2) is 47.4 Å². The molecule has 0 fully saturated rings. The van der Waals surface area contributed by atoms with Crippen molar-refractivity contribution in [1.29, 1.82) is 5.26 Å². The van der Waals surface area contributed by atoms with Crippen LogP contribution in [0.1, 0.15) is 15.9 Å². The molecule has 7 nitrogen and oxygen atoms in total. The molecular formula is C16H15N3O4S. The van der Waals surface area contributed by atoms with Crippen LogP contribution < -0.4 is 14.8 Å². The fourth-order valence-corrected chi connectivity index (χ4v) is 3.08. The minimum atomic E-state index is -3.89. The Kier molecular flexibility index (Phi) is 5.06. The predicted molar refractivity (Wildman–Crippen MR) is 88.3 cm³/mol. The summed E-state index contributed by atoms with van der Waals surface area (Å²) in [5, 5.41) is 11.2. The Hall–Kier alpha value is -3.05. The second-order valence-corrected chi connectivity index (χ2v) is 6.42. The molecule has 124 valence electrons. The first-order valence-electron chi connectivity index (χ1n) is 6.84. The summed E-state index contributed by atoms with van der Waals surface area (Å²) in [5.74, 6) is -0.186. The van der Waals surface area contributed by atoms with E-state index in [9.17, 15) is 13.2 Å². The molecule has 2 aromatic carbocycles. The Morgan fingerprint density at radius 3 is 2.38 bits per heavy atom. The highest BCUT2D eigenvalue weighted by Crippen LogP contribution is 2.24. The minimum absolute atomic E-state index is 0.0775. The Morgan fingerprint density at radius 1 is 1.17 bits per heavy atom. The number of ether oxygens (including phenoxy) is 1. The van der Waals surface area contributed by atoms with Gasteiger partial charge < -0.3 is 10.1 Å². The van der Waals surface area contributed by atoms with Crippen LogP contribution in [-0.2, 0) is 10.0 Å². The SMILES string of the molecule is CNC(=O)c1cc(S(=O)(=O)Nc2ccc(C#N)cc2)ccc1OC. The van der Waals surface area contributed by atoms with Crippen molar-refractivity contribution in [3.8, 4) is 11.8 Å². The first-order valence-corrected chi connectivity index (χ1v) is 8.32. The molecule has 0 saturated heterocycles. The molecule has 0 aromatic heterocycles. The molecule has 0 unspecified atom stereocenters. The molecule has 0 spiro atoms. The molecule has 24 heavy (non-hydrogen) atoms. The number of nitriles is 1. The summed E-state index contributed by atoms with van der Waals surface area (Å²) in [6.07, 6.45) is 0. The van der Waals surface area contributed by atoms with Crippen molar-refractivity contribution >= 4 is 21.6 Å². The number of carbonyl (C=O) groups excluding carboxylic acids is 1. The first kappa shape index (κ1) is 17.3. The Bertz CT molecular complexity index is 900. The van der Waals surface area contributed by atoms with Gasteiger partial charge in [0.15, 0.2) is 0 Å². The fourth-order valence-electron chi connectivity index (χ4n) is 1.99. The number of amides is 1. The van der Waals surface area contributed by atoms with E-state index in [0.29, 0.717) is 11.3 Å². The fraction of sp³-hybridized carbons (Fsp3) is 0.125. The van der Waals surface area contributed by atoms with E-state index in [-0.39, 0.29) is 16.2 Å². The van der Waals surface area contributed by atoms with E-state index in [0.717, 1.165) is 0 Å². The summed E-state index contributed by atoms with van der Waals surface area (Å²) in [4.78, 5) is 11.8. The third kappa shape index (κ3) is 3.64. The average Bonchev–Trinajstić information content (AvgIpc) is 2.60. The normalized spacial score (nSPS) is 10.5. The van der Waals surface area contributed by atoms with Crippen molar-refractivity contribution in [3.05, 3.63) is 53.6 Å². The molecule has 8 heteroatoms. The van der Waals surface area contributed by atoms with E-state index in [4.69, 9.17) is 10.00 Å². The molecule has 2 rings (SSSR count). The number of nitrogens with zero attached hydrogens (tertiary/aromatic N) is 1. The van der Waals surface area contributed by atoms with Gasteiger partial charge in [0.1, 0.15) is 5.75 Å². The number of benzene rings is 2. The number of anilines is 1. The maximum atomic E-state index is 12.5. The first-order chi connectivity index (χ1) is 11.4. The van der Waals surface area contributed by atoms with Crippen molar-refractivity contribution < 1.29 is 17.9 Å². The Balaban J connectivity index is 2.38. The lowest BCUT2D eigenvalue weighted by atomic mass is 10.2. The highest BCUT2D eigenvalue weighted by Gasteiger charge is 2.19. The molecule has 1 amide bonds. The number of hydrogen-bond donors (Lipinski definition) is 2. The third-order valence-corrected chi connectivity index (χ3v) is 4.60. The topological polar surface area (TPSA) is 108 Å². The zero-order valence-electron chi connectivity index (χ0n) is 13.0. The van der Waals surface area contributed by atoms with Gasteiger partial charge in [-0.25, -0.2) is 8.42 Å². The van der Waals surface area contributed by atoms with Crippen LogP contribution in [0.2, 0.25) is 0 Å². The van der Waals surface area contributed by atoms with Crippen LogP contribution >= 0.6 is 0 Å². The van der Waals surface area contributed by atoms with Crippen LogP contribution in [-0.4, -0.2) is 28.5 Å². The van der Waals surface area contributed by atoms with Gasteiger partial charge in [-0.1, -0.05) is 0 Å². The van der Waals surface area contributed by atoms with E-state index in [1.54, 1.807) is 0 Å². The smallest absolute Gasteiger partial charge is 0.261 e. The van der Waals surface area contributed by atoms with Crippen LogP contribution in [0, 0.1) is 11.3 Å². The van der Waals surface area contributed by atoms with E-state index in [1.165, 1.54) is 56.6 Å². The molecule has 2 N–H and O–H groups in total. The quantitative estimate of drug-likeness (QED) is 0.858. The van der Waals surface area contributed by atoms with Gasteiger partial charge in [-0.3, -0.25) is 9.52 Å². The number of sulfonamides is 1. The molecule has 0 aliphatic carbocycles. The number of rotatable bonds is 5. The summed E-state index contributed by atoms with van der Waals surface area (Å²) in [7, 11) is -1.05. The van der Waals surface area contributed by atoms with Gasteiger partial charge in [-0.2, -0.15) is 5.26 Å². The van der Waals surface area contributed by atoms with Crippen molar-refractivity contribution in [2.75, 3.05) is 18.9 Å². The Labute approximate surface area is 139 Å². The van der Waals surface area contributed by atoms with E-state index in [2.05, 4.69) is 10.0 Å². The number of hydrogen-bond acceptors (Lipinski definition) is 5. The van der Waals surface area contributed by atoms with E-state index < -0.39 is 15.9 Å². The van der Waals surface area contributed by atoms with Gasteiger partial charge in [0.05, 0.1) is 29.2 Å². The predicted octanol–water partition coefficient (Wildman–Crippen LogP) is 1.73. The monoisotopic (exact) mass is 345 g/mol. The van der Waals surface area contributed by atoms with Crippen LogP contribution in [0.25, 0.3) is 0 Å². The van der Waals surface area contributed by atoms with Gasteiger partial charge >= 0.3 is 0 Å². The second kappa shape index (κ2) is 7.02. The van der Waals surface area contributed by atoms with E-state index >= 15 is 0 Å². The second-order valence-electron chi connectivity index (χ2n) is 4.74. The van der Waals surface area contributed by atoms with Gasteiger partial charge in [0.2, 0.25) is 0 Å². The van der Waals surface area contributed by atoms with Crippen LogP contribution in [0.5, 0.6) is 5.75 Å². The lowest BCUT2D eigenvalue weighted by Crippen LogP contribution is -2.20. The number of carbonyl (C=O) groups is 1.